The molecule has 0 aliphatic heterocycles. The van der Waals surface area contributed by atoms with Crippen LogP contribution in [-0.4, -0.2) is 23.9 Å². The molecule has 1 N–H and O–H groups in total. The first-order chi connectivity index (χ1) is 4.42. The van der Waals surface area contributed by atoms with E-state index in [0.29, 0.717) is 12.5 Å². The first-order valence-corrected chi connectivity index (χ1v) is 3.72. The van der Waals surface area contributed by atoms with Gasteiger partial charge >= 0.3 is 0 Å². The first kappa shape index (κ1) is 9.92. The molecule has 0 aromatic rings. The normalized spacial score (nSPS) is 12.6. The Hall–Kier alpha value is -0.0800. The number of hydrogen-bond donors (Lipinski definition) is 1. The van der Waals surface area contributed by atoms with Gasteiger partial charge < -0.3 is 9.84 Å². The minimum absolute atomic E-state index is 0.422. The summed E-state index contributed by atoms with van der Waals surface area (Å²) in [6.07, 6.45) is 0. The molecule has 0 bridgehead atoms. The molecule has 0 heterocycles. The lowest BCUT2D eigenvalue weighted by Crippen LogP contribution is -2.26. The summed E-state index contributed by atoms with van der Waals surface area (Å²) in [5.41, 5.74) is -0.686. The zero-order valence-corrected chi connectivity index (χ0v) is 7.35. The zero-order valence-electron chi connectivity index (χ0n) is 7.35. The van der Waals surface area contributed by atoms with Crippen LogP contribution in [0.4, 0.5) is 0 Å². The van der Waals surface area contributed by atoms with Crippen molar-refractivity contribution in [3.63, 3.8) is 0 Å². The molecule has 0 aromatic carbocycles. The molecule has 0 unspecified atom stereocenters. The summed E-state index contributed by atoms with van der Waals surface area (Å²) in [4.78, 5) is 0. The largest absolute Gasteiger partial charge is 0.388 e. The lowest BCUT2D eigenvalue weighted by molar-refractivity contribution is -0.0275. The van der Waals surface area contributed by atoms with Crippen LogP contribution in [-0.2, 0) is 4.74 Å². The van der Waals surface area contributed by atoms with Gasteiger partial charge in [0.05, 0.1) is 12.2 Å². The molecule has 0 atom stereocenters. The van der Waals surface area contributed by atoms with E-state index in [1.807, 2.05) is 0 Å². The molecule has 0 fully saturated rings. The molecular formula is C8H18O2. The van der Waals surface area contributed by atoms with E-state index < -0.39 is 5.60 Å². The SMILES string of the molecule is CC(C)COCC(C)(C)O. The monoisotopic (exact) mass is 146 g/mol. The second kappa shape index (κ2) is 3.94. The minimum atomic E-state index is -0.686. The van der Waals surface area contributed by atoms with Crippen molar-refractivity contribution in [2.45, 2.75) is 33.3 Å². The smallest absolute Gasteiger partial charge is 0.0824 e. The fraction of sp³-hybridized carbons (Fsp3) is 1.00. The van der Waals surface area contributed by atoms with Crippen molar-refractivity contribution in [1.82, 2.24) is 0 Å². The van der Waals surface area contributed by atoms with Crippen LogP contribution in [0, 0.1) is 5.92 Å². The van der Waals surface area contributed by atoms with Gasteiger partial charge in [0.15, 0.2) is 0 Å². The van der Waals surface area contributed by atoms with E-state index in [0.717, 1.165) is 6.61 Å². The van der Waals surface area contributed by atoms with Gasteiger partial charge in [-0.2, -0.15) is 0 Å². The van der Waals surface area contributed by atoms with Gasteiger partial charge in [0.1, 0.15) is 0 Å². The standard InChI is InChI=1S/C8H18O2/c1-7(2)5-10-6-8(3,4)9/h7,9H,5-6H2,1-4H3. The summed E-state index contributed by atoms with van der Waals surface area (Å²) < 4.78 is 5.21. The van der Waals surface area contributed by atoms with Crippen LogP contribution in [0.1, 0.15) is 27.7 Å². The lowest BCUT2D eigenvalue weighted by Gasteiger charge is -2.17. The fourth-order valence-corrected chi connectivity index (χ4v) is 0.544. The van der Waals surface area contributed by atoms with Crippen molar-refractivity contribution >= 4 is 0 Å². The summed E-state index contributed by atoms with van der Waals surface area (Å²) in [6.45, 7) is 8.81. The highest BCUT2D eigenvalue weighted by atomic mass is 16.5. The van der Waals surface area contributed by atoms with Crippen LogP contribution in [0.5, 0.6) is 0 Å². The Morgan fingerprint density at radius 1 is 1.40 bits per heavy atom. The molecule has 0 aromatic heterocycles. The summed E-state index contributed by atoms with van der Waals surface area (Å²) in [6, 6.07) is 0. The third-order valence-electron chi connectivity index (χ3n) is 0.906. The Morgan fingerprint density at radius 3 is 2.20 bits per heavy atom. The van der Waals surface area contributed by atoms with Gasteiger partial charge in [0.2, 0.25) is 0 Å². The van der Waals surface area contributed by atoms with Gasteiger partial charge in [0, 0.05) is 6.61 Å². The average Bonchev–Trinajstić information content (AvgIpc) is 1.59. The molecular weight excluding hydrogens is 128 g/mol. The molecule has 0 spiro atoms. The number of ether oxygens (including phenoxy) is 1. The van der Waals surface area contributed by atoms with Crippen molar-refractivity contribution in [1.29, 1.82) is 0 Å². The second-order valence-corrected chi connectivity index (χ2v) is 3.72. The number of aliphatic hydroxyl groups is 1. The molecule has 0 radical (unpaired) electrons. The zero-order chi connectivity index (χ0) is 8.20. The summed E-state index contributed by atoms with van der Waals surface area (Å²) in [5.74, 6) is 0.544. The van der Waals surface area contributed by atoms with Crippen molar-refractivity contribution < 1.29 is 9.84 Å². The maximum absolute atomic E-state index is 9.21. The Labute approximate surface area is 63.2 Å². The van der Waals surface area contributed by atoms with Crippen LogP contribution in [0.3, 0.4) is 0 Å². The maximum Gasteiger partial charge on any atom is 0.0824 e. The van der Waals surface area contributed by atoms with E-state index in [1.54, 1.807) is 13.8 Å². The van der Waals surface area contributed by atoms with Gasteiger partial charge in [-0.1, -0.05) is 13.8 Å². The molecule has 0 aliphatic rings. The van der Waals surface area contributed by atoms with Crippen molar-refractivity contribution in [3.8, 4) is 0 Å². The minimum Gasteiger partial charge on any atom is -0.388 e. The maximum atomic E-state index is 9.21. The lowest BCUT2D eigenvalue weighted by atomic mass is 10.2. The van der Waals surface area contributed by atoms with Crippen LogP contribution >= 0.6 is 0 Å². The second-order valence-electron chi connectivity index (χ2n) is 3.72. The Bertz CT molecular complexity index is 81.7. The van der Waals surface area contributed by atoms with E-state index in [-0.39, 0.29) is 0 Å². The van der Waals surface area contributed by atoms with Gasteiger partial charge in [0.25, 0.3) is 0 Å². The van der Waals surface area contributed by atoms with Gasteiger partial charge in [-0.25, -0.2) is 0 Å². The molecule has 62 valence electrons. The predicted octanol–water partition coefficient (Wildman–Crippen LogP) is 1.43. The van der Waals surface area contributed by atoms with Crippen LogP contribution in [0.15, 0.2) is 0 Å². The molecule has 2 nitrogen and oxygen atoms in total. The van der Waals surface area contributed by atoms with E-state index in [4.69, 9.17) is 4.74 Å². The Balaban J connectivity index is 3.21. The Morgan fingerprint density at radius 2 is 1.90 bits per heavy atom. The molecule has 0 saturated carbocycles. The summed E-state index contributed by atoms with van der Waals surface area (Å²) in [7, 11) is 0. The van der Waals surface area contributed by atoms with E-state index in [9.17, 15) is 5.11 Å². The van der Waals surface area contributed by atoms with Crippen LogP contribution in [0.25, 0.3) is 0 Å². The Kier molecular flexibility index (Phi) is 3.91. The van der Waals surface area contributed by atoms with Crippen molar-refractivity contribution in [2.75, 3.05) is 13.2 Å². The quantitative estimate of drug-likeness (QED) is 0.650. The molecule has 0 amide bonds. The van der Waals surface area contributed by atoms with Gasteiger partial charge in [-0.05, 0) is 19.8 Å². The van der Waals surface area contributed by atoms with E-state index in [1.165, 1.54) is 0 Å². The van der Waals surface area contributed by atoms with E-state index in [2.05, 4.69) is 13.8 Å². The fourth-order valence-electron chi connectivity index (χ4n) is 0.544. The van der Waals surface area contributed by atoms with Crippen molar-refractivity contribution in [3.05, 3.63) is 0 Å². The summed E-state index contributed by atoms with van der Waals surface area (Å²) >= 11 is 0. The molecule has 0 saturated heterocycles. The number of hydrogen-bond acceptors (Lipinski definition) is 2. The highest BCUT2D eigenvalue weighted by Crippen LogP contribution is 2.02. The van der Waals surface area contributed by atoms with E-state index >= 15 is 0 Å². The van der Waals surface area contributed by atoms with Crippen LogP contribution < -0.4 is 0 Å². The number of rotatable bonds is 4. The third kappa shape index (κ3) is 7.92. The predicted molar refractivity (Wildman–Crippen MR) is 42.0 cm³/mol. The molecule has 2 heteroatoms. The van der Waals surface area contributed by atoms with Gasteiger partial charge in [-0.15, -0.1) is 0 Å². The highest BCUT2D eigenvalue weighted by Gasteiger charge is 2.11. The molecule has 0 aliphatic carbocycles. The average molecular weight is 146 g/mol. The van der Waals surface area contributed by atoms with Crippen LogP contribution in [0.2, 0.25) is 0 Å². The third-order valence-corrected chi connectivity index (χ3v) is 0.906. The first-order valence-electron chi connectivity index (χ1n) is 3.72. The topological polar surface area (TPSA) is 29.5 Å². The molecule has 0 rings (SSSR count). The summed E-state index contributed by atoms with van der Waals surface area (Å²) in [5, 5.41) is 9.21. The molecule has 10 heavy (non-hydrogen) atoms. The van der Waals surface area contributed by atoms with Crippen molar-refractivity contribution in [2.24, 2.45) is 5.92 Å². The highest BCUT2D eigenvalue weighted by molar-refractivity contribution is 4.62. The van der Waals surface area contributed by atoms with Gasteiger partial charge in [-0.3, -0.25) is 0 Å².